The lowest BCUT2D eigenvalue weighted by atomic mass is 10.1. The second-order valence-corrected chi connectivity index (χ2v) is 4.76. The Bertz CT molecular complexity index is 596. The van der Waals surface area contributed by atoms with Crippen molar-refractivity contribution < 1.29 is 4.74 Å². The van der Waals surface area contributed by atoms with E-state index < -0.39 is 0 Å². The molecule has 1 heterocycles. The first-order valence-electron chi connectivity index (χ1n) is 6.99. The Labute approximate surface area is 120 Å². The number of anilines is 1. The minimum atomic E-state index is 0.585. The normalized spacial score (nSPS) is 10.4. The van der Waals surface area contributed by atoms with Gasteiger partial charge in [-0.3, -0.25) is 0 Å². The summed E-state index contributed by atoms with van der Waals surface area (Å²) in [5, 5.41) is 3.20. The summed E-state index contributed by atoms with van der Waals surface area (Å²) in [5.74, 6) is 3.01. The first-order valence-corrected chi connectivity index (χ1v) is 6.99. The summed E-state index contributed by atoms with van der Waals surface area (Å²) in [5.41, 5.74) is 2.26. The Kier molecular flexibility index (Phi) is 4.56. The van der Waals surface area contributed by atoms with Gasteiger partial charge in [-0.05, 0) is 38.0 Å². The summed E-state index contributed by atoms with van der Waals surface area (Å²) in [6, 6.07) is 7.99. The molecule has 2 rings (SSSR count). The third kappa shape index (κ3) is 3.47. The number of nitrogens with zero attached hydrogens (tertiary/aromatic N) is 2. The number of nitrogens with one attached hydrogen (secondary N) is 1. The van der Waals surface area contributed by atoms with Crippen LogP contribution in [0.2, 0.25) is 0 Å². The average molecular weight is 271 g/mol. The topological polar surface area (TPSA) is 47.0 Å². The van der Waals surface area contributed by atoms with Crippen molar-refractivity contribution in [3.63, 3.8) is 0 Å². The SMILES string of the molecule is CCNc1cc(Oc2cc(C)ccc2C)nc(CC)n1. The zero-order chi connectivity index (χ0) is 14.5. The molecule has 0 spiro atoms. The summed E-state index contributed by atoms with van der Waals surface area (Å²) >= 11 is 0. The highest BCUT2D eigenvalue weighted by atomic mass is 16.5. The number of aromatic nitrogens is 2. The molecule has 0 unspecified atom stereocenters. The molecule has 0 fully saturated rings. The molecule has 1 aromatic carbocycles. The fourth-order valence-electron chi connectivity index (χ4n) is 1.88. The Balaban J connectivity index is 2.32. The molecule has 0 bridgehead atoms. The number of benzene rings is 1. The van der Waals surface area contributed by atoms with Gasteiger partial charge in [0.2, 0.25) is 5.88 Å². The second kappa shape index (κ2) is 6.37. The monoisotopic (exact) mass is 271 g/mol. The Hall–Kier alpha value is -2.10. The standard InChI is InChI=1S/C16H21N3O/c1-5-14-18-15(17-6-2)10-16(19-14)20-13-9-11(3)7-8-12(13)4/h7-10H,5-6H2,1-4H3,(H,17,18,19). The molecule has 106 valence electrons. The summed E-state index contributed by atoms with van der Waals surface area (Å²) in [4.78, 5) is 8.85. The quantitative estimate of drug-likeness (QED) is 0.896. The molecule has 0 amide bonds. The summed E-state index contributed by atoms with van der Waals surface area (Å²) in [7, 11) is 0. The van der Waals surface area contributed by atoms with Gasteiger partial charge in [-0.2, -0.15) is 4.98 Å². The molecule has 20 heavy (non-hydrogen) atoms. The molecule has 2 aromatic rings. The Morgan fingerprint density at radius 3 is 2.60 bits per heavy atom. The zero-order valence-electron chi connectivity index (χ0n) is 12.5. The zero-order valence-corrected chi connectivity index (χ0v) is 12.5. The van der Waals surface area contributed by atoms with Crippen LogP contribution in [0.1, 0.15) is 30.8 Å². The highest BCUT2D eigenvalue weighted by molar-refractivity contribution is 5.42. The third-order valence-corrected chi connectivity index (χ3v) is 2.98. The van der Waals surface area contributed by atoms with E-state index in [1.807, 2.05) is 39.8 Å². The van der Waals surface area contributed by atoms with Crippen molar-refractivity contribution in [1.29, 1.82) is 0 Å². The molecular weight excluding hydrogens is 250 g/mol. The van der Waals surface area contributed by atoms with Gasteiger partial charge >= 0.3 is 0 Å². The maximum atomic E-state index is 5.93. The van der Waals surface area contributed by atoms with Crippen LogP contribution in [0.5, 0.6) is 11.6 Å². The van der Waals surface area contributed by atoms with Crippen molar-refractivity contribution in [1.82, 2.24) is 9.97 Å². The molecule has 0 saturated carbocycles. The summed E-state index contributed by atoms with van der Waals surface area (Å²) < 4.78 is 5.93. The minimum Gasteiger partial charge on any atom is -0.439 e. The maximum absolute atomic E-state index is 5.93. The number of aryl methyl sites for hydroxylation is 3. The van der Waals surface area contributed by atoms with Crippen LogP contribution in [0.3, 0.4) is 0 Å². The van der Waals surface area contributed by atoms with Gasteiger partial charge < -0.3 is 10.1 Å². The van der Waals surface area contributed by atoms with Crippen molar-refractivity contribution in [2.24, 2.45) is 0 Å². The van der Waals surface area contributed by atoms with Gasteiger partial charge in [0.25, 0.3) is 0 Å². The smallest absolute Gasteiger partial charge is 0.224 e. The fourth-order valence-corrected chi connectivity index (χ4v) is 1.88. The van der Waals surface area contributed by atoms with E-state index in [-0.39, 0.29) is 0 Å². The second-order valence-electron chi connectivity index (χ2n) is 4.76. The highest BCUT2D eigenvalue weighted by Crippen LogP contribution is 2.26. The lowest BCUT2D eigenvalue weighted by Crippen LogP contribution is -2.04. The van der Waals surface area contributed by atoms with Crippen LogP contribution >= 0.6 is 0 Å². The van der Waals surface area contributed by atoms with Crippen molar-refractivity contribution in [3.05, 3.63) is 41.2 Å². The molecule has 4 heteroatoms. The van der Waals surface area contributed by atoms with E-state index >= 15 is 0 Å². The molecule has 4 nitrogen and oxygen atoms in total. The predicted octanol–water partition coefficient (Wildman–Crippen LogP) is 3.88. The molecule has 0 aliphatic heterocycles. The van der Waals surface area contributed by atoms with Crippen LogP contribution in [-0.4, -0.2) is 16.5 Å². The third-order valence-electron chi connectivity index (χ3n) is 2.98. The van der Waals surface area contributed by atoms with Crippen molar-refractivity contribution in [3.8, 4) is 11.6 Å². The summed E-state index contributed by atoms with van der Waals surface area (Å²) in [6.07, 6.45) is 0.780. The van der Waals surface area contributed by atoms with E-state index in [1.54, 1.807) is 0 Å². The number of rotatable bonds is 5. The molecular formula is C16H21N3O. The van der Waals surface area contributed by atoms with Crippen LogP contribution in [0.4, 0.5) is 5.82 Å². The molecule has 1 aromatic heterocycles. The fraction of sp³-hybridized carbons (Fsp3) is 0.375. The largest absolute Gasteiger partial charge is 0.439 e. The number of hydrogen-bond acceptors (Lipinski definition) is 4. The maximum Gasteiger partial charge on any atom is 0.224 e. The van der Waals surface area contributed by atoms with Crippen molar-refractivity contribution in [2.45, 2.75) is 34.1 Å². The lowest BCUT2D eigenvalue weighted by Gasteiger charge is -2.11. The molecule has 0 aliphatic rings. The van der Waals surface area contributed by atoms with Gasteiger partial charge in [-0.15, -0.1) is 0 Å². The predicted molar refractivity (Wildman–Crippen MR) is 81.6 cm³/mol. The summed E-state index contributed by atoms with van der Waals surface area (Å²) in [6.45, 7) is 8.98. The van der Waals surface area contributed by atoms with Gasteiger partial charge in [0.1, 0.15) is 17.4 Å². The van der Waals surface area contributed by atoms with E-state index in [9.17, 15) is 0 Å². The van der Waals surface area contributed by atoms with E-state index in [1.165, 1.54) is 5.56 Å². The first kappa shape index (κ1) is 14.3. The van der Waals surface area contributed by atoms with Crippen LogP contribution in [0.15, 0.2) is 24.3 Å². The Morgan fingerprint density at radius 1 is 1.10 bits per heavy atom. The van der Waals surface area contributed by atoms with E-state index in [2.05, 4.69) is 27.4 Å². The van der Waals surface area contributed by atoms with Crippen LogP contribution in [-0.2, 0) is 6.42 Å². The van der Waals surface area contributed by atoms with Crippen LogP contribution < -0.4 is 10.1 Å². The van der Waals surface area contributed by atoms with Gasteiger partial charge in [-0.25, -0.2) is 4.98 Å². The Morgan fingerprint density at radius 2 is 1.90 bits per heavy atom. The first-order chi connectivity index (χ1) is 9.62. The van der Waals surface area contributed by atoms with Gasteiger partial charge in [0.15, 0.2) is 0 Å². The molecule has 1 N–H and O–H groups in total. The van der Waals surface area contributed by atoms with Crippen molar-refractivity contribution >= 4 is 5.82 Å². The van der Waals surface area contributed by atoms with E-state index in [4.69, 9.17) is 4.74 Å². The number of ether oxygens (including phenoxy) is 1. The average Bonchev–Trinajstić information content (AvgIpc) is 2.43. The van der Waals surface area contributed by atoms with Crippen molar-refractivity contribution in [2.75, 3.05) is 11.9 Å². The van der Waals surface area contributed by atoms with E-state index in [0.29, 0.717) is 5.88 Å². The van der Waals surface area contributed by atoms with Crippen LogP contribution in [0, 0.1) is 13.8 Å². The molecule has 0 saturated heterocycles. The highest BCUT2D eigenvalue weighted by Gasteiger charge is 2.07. The number of hydrogen-bond donors (Lipinski definition) is 1. The van der Waals surface area contributed by atoms with Gasteiger partial charge in [0, 0.05) is 19.0 Å². The van der Waals surface area contributed by atoms with Gasteiger partial charge in [0.05, 0.1) is 0 Å². The molecule has 0 radical (unpaired) electrons. The van der Waals surface area contributed by atoms with Crippen LogP contribution in [0.25, 0.3) is 0 Å². The van der Waals surface area contributed by atoms with Gasteiger partial charge in [-0.1, -0.05) is 19.1 Å². The molecule has 0 atom stereocenters. The minimum absolute atomic E-state index is 0.585. The lowest BCUT2D eigenvalue weighted by molar-refractivity contribution is 0.455. The molecule has 0 aliphatic carbocycles. The van der Waals surface area contributed by atoms with E-state index in [0.717, 1.165) is 35.9 Å².